The Bertz CT molecular complexity index is 1960. The van der Waals surface area contributed by atoms with Gasteiger partial charge in [0, 0.05) is 11.1 Å². The molecule has 1 aromatic heterocycles. The summed E-state index contributed by atoms with van der Waals surface area (Å²) in [6.45, 7) is 0. The third-order valence-electron chi connectivity index (χ3n) is 6.82. The Labute approximate surface area is 219 Å². The average Bonchev–Trinajstić information content (AvgIpc) is 2.95. The highest BCUT2D eigenvalue weighted by Gasteiger charge is 2.14. The van der Waals surface area contributed by atoms with Crippen LogP contribution in [0.1, 0.15) is 0 Å². The number of hydrogen-bond donors (Lipinski definition) is 0. The molecule has 0 amide bonds. The van der Waals surface area contributed by atoms with E-state index < -0.39 is 0 Å². The first-order valence-electron chi connectivity index (χ1n) is 12.1. The molecule has 3 nitrogen and oxygen atoms in total. The van der Waals surface area contributed by atoms with Crippen molar-refractivity contribution in [3.63, 3.8) is 0 Å². The minimum Gasteiger partial charge on any atom is -0.208 e. The van der Waals surface area contributed by atoms with Crippen molar-refractivity contribution < 1.29 is 0 Å². The van der Waals surface area contributed by atoms with Crippen molar-refractivity contribution in [2.75, 3.05) is 0 Å². The number of nitrogens with zero attached hydrogens (tertiary/aromatic N) is 3. The van der Waals surface area contributed by atoms with E-state index in [1.54, 1.807) is 0 Å². The molecule has 0 spiro atoms. The monoisotopic (exact) mass is 493 g/mol. The molecule has 0 unspecified atom stereocenters. The van der Waals surface area contributed by atoms with Crippen LogP contribution in [-0.4, -0.2) is 15.0 Å². The number of rotatable bonds is 3. The molecule has 37 heavy (non-hydrogen) atoms. The molecule has 0 saturated heterocycles. The summed E-state index contributed by atoms with van der Waals surface area (Å²) in [5, 5.41) is 7.18. The van der Waals surface area contributed by atoms with Gasteiger partial charge in [0.15, 0.2) is 11.6 Å². The number of aromatic nitrogens is 3. The highest BCUT2D eigenvalue weighted by molar-refractivity contribution is 6.28. The van der Waals surface area contributed by atoms with Crippen LogP contribution in [0.3, 0.4) is 0 Å². The van der Waals surface area contributed by atoms with Crippen molar-refractivity contribution in [3.05, 3.63) is 127 Å². The van der Waals surface area contributed by atoms with E-state index in [0.29, 0.717) is 11.6 Å². The van der Waals surface area contributed by atoms with Crippen molar-refractivity contribution >= 4 is 43.9 Å². The van der Waals surface area contributed by atoms with E-state index in [1.807, 2.05) is 18.2 Å². The topological polar surface area (TPSA) is 38.7 Å². The fourth-order valence-electron chi connectivity index (χ4n) is 5.06. The summed E-state index contributed by atoms with van der Waals surface area (Å²) in [6, 6.07) is 42.1. The standard InChI is InChI=1S/C33H20ClN3/c34-33-36-31(25-17-16-21-8-1-2-10-23(21)18-25)35-32(37-33)26-19-24-11-4-6-14-28(24)30(20-26)29-15-7-12-22-9-3-5-13-27(22)29/h1-20H. The van der Waals surface area contributed by atoms with Gasteiger partial charge in [-0.2, -0.15) is 9.97 Å². The maximum absolute atomic E-state index is 6.46. The summed E-state index contributed by atoms with van der Waals surface area (Å²) in [6.07, 6.45) is 0. The van der Waals surface area contributed by atoms with Gasteiger partial charge < -0.3 is 0 Å². The van der Waals surface area contributed by atoms with Crippen LogP contribution in [0.2, 0.25) is 5.28 Å². The zero-order valence-electron chi connectivity index (χ0n) is 19.8. The normalized spacial score (nSPS) is 11.4. The molecule has 0 fully saturated rings. The van der Waals surface area contributed by atoms with E-state index in [4.69, 9.17) is 16.6 Å². The van der Waals surface area contributed by atoms with Crippen LogP contribution < -0.4 is 0 Å². The Balaban J connectivity index is 1.44. The molecule has 0 atom stereocenters. The molecule has 0 bridgehead atoms. The lowest BCUT2D eigenvalue weighted by Crippen LogP contribution is -1.98. The van der Waals surface area contributed by atoms with Gasteiger partial charge in [0.1, 0.15) is 0 Å². The SMILES string of the molecule is Clc1nc(-c2ccc3ccccc3c2)nc(-c2cc(-c3cccc4ccccc34)c3ccccc3c2)n1. The first kappa shape index (κ1) is 21.7. The van der Waals surface area contributed by atoms with E-state index in [-0.39, 0.29) is 5.28 Å². The Morgan fingerprint density at radius 3 is 1.81 bits per heavy atom. The first-order chi connectivity index (χ1) is 18.2. The van der Waals surface area contributed by atoms with Crippen LogP contribution in [0.4, 0.5) is 0 Å². The van der Waals surface area contributed by atoms with Gasteiger partial charge in [-0.05, 0) is 73.2 Å². The van der Waals surface area contributed by atoms with Gasteiger partial charge in [0.25, 0.3) is 0 Å². The summed E-state index contributed by atoms with van der Waals surface area (Å²) in [5.41, 5.74) is 4.10. The van der Waals surface area contributed by atoms with Crippen LogP contribution in [0, 0.1) is 0 Å². The van der Waals surface area contributed by atoms with Crippen LogP contribution in [0.25, 0.3) is 66.2 Å². The Morgan fingerprint density at radius 2 is 1.00 bits per heavy atom. The molecule has 0 N–H and O–H groups in total. The van der Waals surface area contributed by atoms with E-state index in [2.05, 4.69) is 113 Å². The molecule has 0 aliphatic carbocycles. The van der Waals surface area contributed by atoms with Gasteiger partial charge in [-0.1, -0.05) is 103 Å². The number of hydrogen-bond acceptors (Lipinski definition) is 3. The maximum atomic E-state index is 6.46. The maximum Gasteiger partial charge on any atom is 0.226 e. The van der Waals surface area contributed by atoms with Crippen LogP contribution >= 0.6 is 11.6 Å². The second-order valence-electron chi connectivity index (χ2n) is 9.09. The van der Waals surface area contributed by atoms with Gasteiger partial charge >= 0.3 is 0 Å². The van der Waals surface area contributed by atoms with Crippen molar-refractivity contribution in [2.24, 2.45) is 0 Å². The molecule has 174 valence electrons. The Kier molecular flexibility index (Phi) is 5.16. The highest BCUT2D eigenvalue weighted by atomic mass is 35.5. The lowest BCUT2D eigenvalue weighted by atomic mass is 9.92. The predicted molar refractivity (Wildman–Crippen MR) is 154 cm³/mol. The molecule has 7 rings (SSSR count). The van der Waals surface area contributed by atoms with Crippen molar-refractivity contribution in [1.82, 2.24) is 15.0 Å². The van der Waals surface area contributed by atoms with Crippen LogP contribution in [0.5, 0.6) is 0 Å². The quantitative estimate of drug-likeness (QED) is 0.246. The smallest absolute Gasteiger partial charge is 0.208 e. The van der Waals surface area contributed by atoms with E-state index in [9.17, 15) is 0 Å². The molecular weight excluding hydrogens is 474 g/mol. The van der Waals surface area contributed by atoms with Crippen LogP contribution in [-0.2, 0) is 0 Å². The van der Waals surface area contributed by atoms with E-state index in [0.717, 1.165) is 27.5 Å². The number of benzene rings is 6. The first-order valence-corrected chi connectivity index (χ1v) is 12.5. The van der Waals surface area contributed by atoms with Gasteiger partial charge in [0.2, 0.25) is 5.28 Å². The minimum absolute atomic E-state index is 0.174. The van der Waals surface area contributed by atoms with Crippen molar-refractivity contribution in [3.8, 4) is 33.9 Å². The fourth-order valence-corrected chi connectivity index (χ4v) is 5.22. The highest BCUT2D eigenvalue weighted by Crippen LogP contribution is 2.37. The molecule has 0 aliphatic heterocycles. The Hall–Kier alpha value is -4.60. The predicted octanol–water partition coefficient (Wildman–Crippen LogP) is 8.99. The third-order valence-corrected chi connectivity index (χ3v) is 6.98. The molecular formula is C33H20ClN3. The molecule has 0 radical (unpaired) electrons. The van der Waals surface area contributed by atoms with E-state index in [1.165, 1.54) is 27.1 Å². The summed E-state index contributed by atoms with van der Waals surface area (Å²) in [7, 11) is 0. The molecule has 6 aromatic carbocycles. The molecule has 7 aromatic rings. The summed E-state index contributed by atoms with van der Waals surface area (Å²) >= 11 is 6.46. The largest absolute Gasteiger partial charge is 0.226 e. The van der Waals surface area contributed by atoms with Crippen molar-refractivity contribution in [1.29, 1.82) is 0 Å². The van der Waals surface area contributed by atoms with Crippen molar-refractivity contribution in [2.45, 2.75) is 0 Å². The van der Waals surface area contributed by atoms with E-state index >= 15 is 0 Å². The number of halogens is 1. The van der Waals surface area contributed by atoms with Gasteiger partial charge in [-0.15, -0.1) is 0 Å². The zero-order valence-corrected chi connectivity index (χ0v) is 20.5. The Morgan fingerprint density at radius 1 is 0.405 bits per heavy atom. The minimum atomic E-state index is 0.174. The second-order valence-corrected chi connectivity index (χ2v) is 9.42. The lowest BCUT2D eigenvalue weighted by Gasteiger charge is -2.13. The van der Waals surface area contributed by atoms with Gasteiger partial charge in [0.05, 0.1) is 0 Å². The molecule has 1 heterocycles. The molecule has 0 aliphatic rings. The van der Waals surface area contributed by atoms with Crippen LogP contribution in [0.15, 0.2) is 121 Å². The summed E-state index contributed by atoms with van der Waals surface area (Å²) in [4.78, 5) is 13.9. The average molecular weight is 494 g/mol. The molecule has 0 saturated carbocycles. The molecule has 4 heteroatoms. The van der Waals surface area contributed by atoms with Gasteiger partial charge in [-0.3, -0.25) is 0 Å². The number of fused-ring (bicyclic) bond motifs is 3. The lowest BCUT2D eigenvalue weighted by molar-refractivity contribution is 1.07. The summed E-state index contributed by atoms with van der Waals surface area (Å²) in [5.74, 6) is 1.11. The summed E-state index contributed by atoms with van der Waals surface area (Å²) < 4.78 is 0. The zero-order chi connectivity index (χ0) is 24.8. The second kappa shape index (κ2) is 8.81. The third kappa shape index (κ3) is 3.90. The fraction of sp³-hybridized carbons (Fsp3) is 0. The van der Waals surface area contributed by atoms with Gasteiger partial charge in [-0.25, -0.2) is 4.98 Å².